The summed E-state index contributed by atoms with van der Waals surface area (Å²) in [7, 11) is -3.35. The first-order chi connectivity index (χ1) is 8.51. The van der Waals surface area contributed by atoms with Crippen LogP contribution in [0.1, 0.15) is 12.0 Å². The van der Waals surface area contributed by atoms with Crippen LogP contribution in [0.4, 0.5) is 0 Å². The summed E-state index contributed by atoms with van der Waals surface area (Å²) in [5.41, 5.74) is 0.934. The Labute approximate surface area is 129 Å². The van der Waals surface area contributed by atoms with Gasteiger partial charge in [-0.3, -0.25) is 0 Å². The molecule has 0 spiro atoms. The summed E-state index contributed by atoms with van der Waals surface area (Å²) < 4.78 is 27.5. The van der Waals surface area contributed by atoms with Gasteiger partial charge in [0.05, 0.1) is 4.90 Å². The molecule has 0 atom stereocenters. The highest BCUT2D eigenvalue weighted by Gasteiger charge is 2.25. The van der Waals surface area contributed by atoms with E-state index in [4.69, 9.17) is 0 Å². The Bertz CT molecular complexity index is 529. The van der Waals surface area contributed by atoms with Crippen LogP contribution in [0, 0.1) is 6.92 Å². The van der Waals surface area contributed by atoms with Gasteiger partial charge in [0.1, 0.15) is 0 Å². The van der Waals surface area contributed by atoms with E-state index in [1.165, 1.54) is 0 Å². The first kappa shape index (κ1) is 16.9. The molecule has 19 heavy (non-hydrogen) atoms. The van der Waals surface area contributed by atoms with Crippen LogP contribution in [0.5, 0.6) is 0 Å². The zero-order chi connectivity index (χ0) is 13.2. The van der Waals surface area contributed by atoms with Crippen molar-refractivity contribution in [3.63, 3.8) is 0 Å². The Hall–Kier alpha value is -0.140. The zero-order valence-corrected chi connectivity index (χ0v) is 13.9. The third kappa shape index (κ3) is 3.92. The molecule has 108 valence electrons. The van der Waals surface area contributed by atoms with E-state index in [1.807, 2.05) is 6.92 Å². The number of hydrogen-bond acceptors (Lipinski definition) is 3. The van der Waals surface area contributed by atoms with Crippen LogP contribution in [0.2, 0.25) is 0 Å². The molecule has 4 nitrogen and oxygen atoms in total. The van der Waals surface area contributed by atoms with E-state index in [2.05, 4.69) is 21.2 Å². The van der Waals surface area contributed by atoms with Crippen LogP contribution in [0.3, 0.4) is 0 Å². The maximum atomic E-state index is 12.5. The maximum Gasteiger partial charge on any atom is 0.243 e. The van der Waals surface area contributed by atoms with Crippen LogP contribution < -0.4 is 5.32 Å². The van der Waals surface area contributed by atoms with Gasteiger partial charge >= 0.3 is 0 Å². The van der Waals surface area contributed by atoms with Gasteiger partial charge in [0.15, 0.2) is 0 Å². The summed E-state index contributed by atoms with van der Waals surface area (Å²) in [5.74, 6) is 0. The van der Waals surface area contributed by atoms with Crippen molar-refractivity contribution in [1.29, 1.82) is 0 Å². The van der Waals surface area contributed by atoms with Gasteiger partial charge in [-0.15, -0.1) is 12.4 Å². The Balaban J connectivity index is 0.00000180. The molecule has 0 amide bonds. The molecule has 0 aromatic heterocycles. The molecule has 1 aliphatic heterocycles. The van der Waals surface area contributed by atoms with E-state index in [0.29, 0.717) is 18.0 Å². The number of sulfonamides is 1. The van der Waals surface area contributed by atoms with Gasteiger partial charge < -0.3 is 5.32 Å². The van der Waals surface area contributed by atoms with Crippen LogP contribution in [0.25, 0.3) is 0 Å². The fourth-order valence-electron chi connectivity index (χ4n) is 1.99. The van der Waals surface area contributed by atoms with Crippen LogP contribution in [-0.4, -0.2) is 38.9 Å². The standard InChI is InChI=1S/C12H17BrN2O2S.ClH/c1-10-9-11(3-4-12(10)13)18(16,17)15-7-2-5-14-6-8-15;/h3-4,9,14H,2,5-8H2,1H3;1H. The van der Waals surface area contributed by atoms with E-state index in [9.17, 15) is 8.42 Å². The van der Waals surface area contributed by atoms with Crippen molar-refractivity contribution in [3.8, 4) is 0 Å². The number of nitrogens with zero attached hydrogens (tertiary/aromatic N) is 1. The molecule has 1 fully saturated rings. The predicted molar refractivity (Wildman–Crippen MR) is 82.4 cm³/mol. The lowest BCUT2D eigenvalue weighted by Gasteiger charge is -2.20. The number of rotatable bonds is 2. The number of benzene rings is 1. The molecule has 1 aliphatic rings. The van der Waals surface area contributed by atoms with Crippen molar-refractivity contribution in [3.05, 3.63) is 28.2 Å². The topological polar surface area (TPSA) is 49.4 Å². The third-order valence-electron chi connectivity index (χ3n) is 3.07. The molecule has 0 unspecified atom stereocenters. The van der Waals surface area contributed by atoms with Crippen molar-refractivity contribution in [2.45, 2.75) is 18.2 Å². The Kier molecular flexibility index (Phi) is 6.26. The number of nitrogens with one attached hydrogen (secondary N) is 1. The van der Waals surface area contributed by atoms with E-state index in [0.717, 1.165) is 29.5 Å². The van der Waals surface area contributed by atoms with E-state index in [1.54, 1.807) is 22.5 Å². The molecule has 1 aromatic rings. The summed E-state index contributed by atoms with van der Waals surface area (Å²) in [6.07, 6.45) is 0.856. The number of hydrogen-bond donors (Lipinski definition) is 1. The molecular formula is C12H18BrClN2O2S. The summed E-state index contributed by atoms with van der Waals surface area (Å²) in [5, 5.41) is 3.21. The van der Waals surface area contributed by atoms with Gasteiger partial charge in [0.25, 0.3) is 0 Å². The van der Waals surface area contributed by atoms with Gasteiger partial charge in [0, 0.05) is 24.1 Å². The molecule has 1 saturated heterocycles. The average molecular weight is 370 g/mol. The summed E-state index contributed by atoms with van der Waals surface area (Å²) in [6, 6.07) is 5.17. The minimum atomic E-state index is -3.35. The minimum absolute atomic E-state index is 0. The van der Waals surface area contributed by atoms with Gasteiger partial charge in [-0.2, -0.15) is 4.31 Å². The molecular weight excluding hydrogens is 352 g/mol. The number of halogens is 2. The van der Waals surface area contributed by atoms with Gasteiger partial charge in [-0.1, -0.05) is 15.9 Å². The Morgan fingerprint density at radius 1 is 1.26 bits per heavy atom. The lowest BCUT2D eigenvalue weighted by molar-refractivity contribution is 0.432. The lowest BCUT2D eigenvalue weighted by atomic mass is 10.2. The second-order valence-corrected chi connectivity index (χ2v) is 7.21. The molecule has 0 saturated carbocycles. The molecule has 1 heterocycles. The molecule has 7 heteroatoms. The largest absolute Gasteiger partial charge is 0.315 e. The summed E-state index contributed by atoms with van der Waals surface area (Å²) in [6.45, 7) is 4.62. The van der Waals surface area contributed by atoms with Crippen molar-refractivity contribution in [2.24, 2.45) is 0 Å². The fourth-order valence-corrected chi connectivity index (χ4v) is 3.80. The van der Waals surface area contributed by atoms with Crippen LogP contribution in [-0.2, 0) is 10.0 Å². The first-order valence-corrected chi connectivity index (χ1v) is 8.22. The summed E-state index contributed by atoms with van der Waals surface area (Å²) in [4.78, 5) is 0.380. The van der Waals surface area contributed by atoms with Crippen LogP contribution in [0.15, 0.2) is 27.6 Å². The third-order valence-corrected chi connectivity index (χ3v) is 5.85. The Morgan fingerprint density at radius 2 is 2.00 bits per heavy atom. The second-order valence-electron chi connectivity index (χ2n) is 4.42. The second kappa shape index (κ2) is 7.04. The zero-order valence-electron chi connectivity index (χ0n) is 10.7. The lowest BCUT2D eigenvalue weighted by Crippen LogP contribution is -2.34. The van der Waals surface area contributed by atoms with Gasteiger partial charge in [-0.25, -0.2) is 8.42 Å². The van der Waals surface area contributed by atoms with Crippen LogP contribution >= 0.6 is 28.3 Å². The highest BCUT2D eigenvalue weighted by Crippen LogP contribution is 2.22. The molecule has 0 aliphatic carbocycles. The van der Waals surface area contributed by atoms with Gasteiger partial charge in [-0.05, 0) is 43.7 Å². The van der Waals surface area contributed by atoms with Crippen molar-refractivity contribution < 1.29 is 8.42 Å². The highest BCUT2D eigenvalue weighted by atomic mass is 79.9. The van der Waals surface area contributed by atoms with Crippen molar-refractivity contribution in [1.82, 2.24) is 9.62 Å². The van der Waals surface area contributed by atoms with E-state index < -0.39 is 10.0 Å². The highest BCUT2D eigenvalue weighted by molar-refractivity contribution is 9.10. The molecule has 0 bridgehead atoms. The van der Waals surface area contributed by atoms with Gasteiger partial charge in [0.2, 0.25) is 10.0 Å². The number of aryl methyl sites for hydroxylation is 1. The first-order valence-electron chi connectivity index (χ1n) is 5.99. The van der Waals surface area contributed by atoms with Crippen molar-refractivity contribution in [2.75, 3.05) is 26.2 Å². The maximum absolute atomic E-state index is 12.5. The average Bonchev–Trinajstić information content (AvgIpc) is 2.61. The van der Waals surface area contributed by atoms with E-state index >= 15 is 0 Å². The fraction of sp³-hybridized carbons (Fsp3) is 0.500. The monoisotopic (exact) mass is 368 g/mol. The van der Waals surface area contributed by atoms with Crippen molar-refractivity contribution >= 4 is 38.4 Å². The molecule has 1 N–H and O–H groups in total. The predicted octanol–water partition coefficient (Wildman–Crippen LogP) is 2.16. The smallest absolute Gasteiger partial charge is 0.243 e. The SMILES string of the molecule is Cc1cc(S(=O)(=O)N2CCCNCC2)ccc1Br.Cl. The quantitative estimate of drug-likeness (QED) is 0.869. The minimum Gasteiger partial charge on any atom is -0.315 e. The molecule has 2 rings (SSSR count). The summed E-state index contributed by atoms with van der Waals surface area (Å²) >= 11 is 3.39. The normalized spacial score (nSPS) is 17.6. The molecule has 0 radical (unpaired) electrons. The van der Waals surface area contributed by atoms with E-state index in [-0.39, 0.29) is 12.4 Å². The Morgan fingerprint density at radius 3 is 2.68 bits per heavy atom. The molecule has 1 aromatic carbocycles.